The highest BCUT2D eigenvalue weighted by Crippen LogP contribution is 2.67. The highest BCUT2D eigenvalue weighted by molar-refractivity contribution is 6.71. The van der Waals surface area contributed by atoms with Crippen LogP contribution in [0, 0.1) is 0 Å². The van der Waals surface area contributed by atoms with Gasteiger partial charge in [-0.25, -0.2) is 0 Å². The molecule has 0 radical (unpaired) electrons. The first kappa shape index (κ1) is 18.6. The average Bonchev–Trinajstić information content (AvgIpc) is 3.11. The van der Waals surface area contributed by atoms with E-state index < -0.39 is 22.4 Å². The largest absolute Gasteiger partial charge is 0.390 e. The Bertz CT molecular complexity index is 639. The van der Waals surface area contributed by atoms with Gasteiger partial charge in [0.25, 0.3) is 0 Å². The molecule has 2 unspecified atom stereocenters. The Balaban J connectivity index is 2.08. The maximum Gasteiger partial charge on any atom is 0.187 e. The van der Waals surface area contributed by atoms with Crippen LogP contribution in [-0.4, -0.2) is 22.4 Å². The van der Waals surface area contributed by atoms with E-state index >= 15 is 0 Å². The van der Waals surface area contributed by atoms with Gasteiger partial charge in [0.05, 0.1) is 0 Å². The molecule has 0 aromatic heterocycles. The molecule has 0 heterocycles. The minimum atomic E-state index is -1.78. The number of rotatable bonds is 6. The van der Waals surface area contributed by atoms with Gasteiger partial charge >= 0.3 is 0 Å². The molecular formula is C21H30O2Si2. The maximum atomic E-state index is 6.80. The van der Waals surface area contributed by atoms with E-state index in [1.165, 1.54) is 11.1 Å². The SMILES string of the molecule is C[Si](C)(C)OC1(O[Si](C)(C)C)C(c2ccccc2)C1c1ccccc1. The van der Waals surface area contributed by atoms with E-state index in [1.807, 2.05) is 0 Å². The van der Waals surface area contributed by atoms with Crippen LogP contribution in [0.15, 0.2) is 60.7 Å². The smallest absolute Gasteiger partial charge is 0.187 e. The van der Waals surface area contributed by atoms with Gasteiger partial charge < -0.3 is 8.85 Å². The molecule has 134 valence electrons. The monoisotopic (exact) mass is 370 g/mol. The van der Waals surface area contributed by atoms with Gasteiger partial charge in [0, 0.05) is 11.8 Å². The number of hydrogen-bond donors (Lipinski definition) is 0. The Hall–Kier alpha value is -1.21. The van der Waals surface area contributed by atoms with Gasteiger partial charge in [-0.3, -0.25) is 0 Å². The Labute approximate surface area is 154 Å². The molecule has 1 aliphatic carbocycles. The summed E-state index contributed by atoms with van der Waals surface area (Å²) in [5.74, 6) is 0.00147. The fraction of sp³-hybridized carbons (Fsp3) is 0.429. The Morgan fingerprint density at radius 3 is 1.20 bits per heavy atom. The van der Waals surface area contributed by atoms with Crippen LogP contribution in [0.2, 0.25) is 39.3 Å². The third-order valence-electron chi connectivity index (χ3n) is 4.34. The third-order valence-corrected chi connectivity index (χ3v) is 6.20. The standard InChI is InChI=1S/C21H30O2Si2/c1-24(2,3)22-21(23-25(4,5)6)19(17-13-9-7-10-14-17)20(21)18-15-11-8-12-16-18/h7-16,19-20H,1-6H3. The van der Waals surface area contributed by atoms with Crippen molar-refractivity contribution in [2.75, 3.05) is 0 Å². The van der Waals surface area contributed by atoms with E-state index in [9.17, 15) is 0 Å². The number of hydrogen-bond acceptors (Lipinski definition) is 2. The molecule has 4 heteroatoms. The zero-order valence-electron chi connectivity index (χ0n) is 16.2. The van der Waals surface area contributed by atoms with Crippen LogP contribution in [0.4, 0.5) is 0 Å². The molecule has 2 nitrogen and oxygen atoms in total. The lowest BCUT2D eigenvalue weighted by molar-refractivity contribution is -0.0457. The van der Waals surface area contributed by atoms with E-state index in [1.54, 1.807) is 0 Å². The van der Waals surface area contributed by atoms with Gasteiger partial charge in [-0.2, -0.15) is 0 Å². The molecule has 0 bridgehead atoms. The van der Waals surface area contributed by atoms with Crippen molar-refractivity contribution in [2.24, 2.45) is 0 Å². The molecule has 2 aromatic carbocycles. The van der Waals surface area contributed by atoms with Crippen molar-refractivity contribution < 1.29 is 8.85 Å². The molecule has 1 aliphatic rings. The molecule has 0 aliphatic heterocycles. The summed E-state index contributed by atoms with van der Waals surface area (Å²) in [5, 5.41) is 0. The average molecular weight is 371 g/mol. The minimum absolute atomic E-state index is 0.259. The van der Waals surface area contributed by atoms with Gasteiger partial charge in [0.2, 0.25) is 0 Å². The van der Waals surface area contributed by atoms with Crippen molar-refractivity contribution in [2.45, 2.75) is 56.9 Å². The first-order chi connectivity index (χ1) is 11.6. The van der Waals surface area contributed by atoms with E-state index in [-0.39, 0.29) is 11.8 Å². The van der Waals surface area contributed by atoms with Crippen molar-refractivity contribution >= 4 is 16.6 Å². The first-order valence-corrected chi connectivity index (χ1v) is 15.9. The molecule has 1 fully saturated rings. The predicted molar refractivity (Wildman–Crippen MR) is 110 cm³/mol. The Morgan fingerprint density at radius 1 is 0.600 bits per heavy atom. The minimum Gasteiger partial charge on any atom is -0.390 e. The lowest BCUT2D eigenvalue weighted by atomic mass is 10.0. The fourth-order valence-corrected chi connectivity index (χ4v) is 6.33. The number of benzene rings is 2. The first-order valence-electron chi connectivity index (χ1n) is 9.13. The quantitative estimate of drug-likeness (QED) is 0.461. The van der Waals surface area contributed by atoms with Gasteiger partial charge in [-0.15, -0.1) is 0 Å². The lowest BCUT2D eigenvalue weighted by Crippen LogP contribution is -2.43. The topological polar surface area (TPSA) is 18.5 Å². The van der Waals surface area contributed by atoms with Gasteiger partial charge in [0.15, 0.2) is 22.4 Å². The van der Waals surface area contributed by atoms with Gasteiger partial charge in [-0.05, 0) is 50.4 Å². The van der Waals surface area contributed by atoms with Crippen molar-refractivity contribution in [3.05, 3.63) is 71.8 Å². The molecule has 2 aromatic rings. The molecule has 2 atom stereocenters. The van der Waals surface area contributed by atoms with E-state index in [0.29, 0.717) is 0 Å². The molecule has 0 saturated heterocycles. The molecule has 25 heavy (non-hydrogen) atoms. The summed E-state index contributed by atoms with van der Waals surface area (Å²) < 4.78 is 13.6. The molecule has 0 amide bonds. The predicted octanol–water partition coefficient (Wildman–Crippen LogP) is 5.97. The van der Waals surface area contributed by atoms with Crippen LogP contribution in [0.25, 0.3) is 0 Å². The highest BCUT2D eigenvalue weighted by atomic mass is 28.4. The fourth-order valence-electron chi connectivity index (χ4n) is 3.74. The van der Waals surface area contributed by atoms with Crippen LogP contribution < -0.4 is 0 Å². The van der Waals surface area contributed by atoms with Crippen molar-refractivity contribution in [1.29, 1.82) is 0 Å². The summed E-state index contributed by atoms with van der Waals surface area (Å²) in [4.78, 5) is 0. The summed E-state index contributed by atoms with van der Waals surface area (Å²) in [5.41, 5.74) is 2.63. The van der Waals surface area contributed by atoms with Crippen LogP contribution in [0.3, 0.4) is 0 Å². The molecule has 3 rings (SSSR count). The van der Waals surface area contributed by atoms with Crippen molar-refractivity contribution in [1.82, 2.24) is 0 Å². The molecule has 0 N–H and O–H groups in total. The molecular weight excluding hydrogens is 340 g/mol. The zero-order chi connectivity index (χ0) is 18.3. The lowest BCUT2D eigenvalue weighted by Gasteiger charge is -2.34. The van der Waals surface area contributed by atoms with Crippen LogP contribution in [-0.2, 0) is 8.85 Å². The van der Waals surface area contributed by atoms with E-state index in [4.69, 9.17) is 8.85 Å². The second kappa shape index (κ2) is 6.51. The van der Waals surface area contributed by atoms with E-state index in [2.05, 4.69) is 99.9 Å². The molecule has 0 spiro atoms. The summed E-state index contributed by atoms with van der Waals surface area (Å²) >= 11 is 0. The second-order valence-electron chi connectivity index (χ2n) is 8.93. The van der Waals surface area contributed by atoms with Crippen molar-refractivity contribution in [3.8, 4) is 0 Å². The maximum absolute atomic E-state index is 6.80. The summed E-state index contributed by atoms with van der Waals surface area (Å²) in [6.45, 7) is 13.5. The van der Waals surface area contributed by atoms with Crippen LogP contribution >= 0.6 is 0 Å². The van der Waals surface area contributed by atoms with Gasteiger partial charge in [-0.1, -0.05) is 60.7 Å². The Morgan fingerprint density at radius 2 is 0.920 bits per heavy atom. The molecule has 1 saturated carbocycles. The second-order valence-corrected chi connectivity index (χ2v) is 17.8. The van der Waals surface area contributed by atoms with Crippen molar-refractivity contribution in [3.63, 3.8) is 0 Å². The highest BCUT2D eigenvalue weighted by Gasteiger charge is 2.70. The third kappa shape index (κ3) is 4.14. The van der Waals surface area contributed by atoms with E-state index in [0.717, 1.165) is 0 Å². The zero-order valence-corrected chi connectivity index (χ0v) is 18.2. The Kier molecular flexibility index (Phi) is 4.84. The summed E-state index contributed by atoms with van der Waals surface area (Å²) in [7, 11) is -3.56. The van der Waals surface area contributed by atoms with Crippen LogP contribution in [0.1, 0.15) is 23.0 Å². The van der Waals surface area contributed by atoms with Gasteiger partial charge in [0.1, 0.15) is 0 Å². The summed E-state index contributed by atoms with van der Waals surface area (Å²) in [6.07, 6.45) is 0. The summed E-state index contributed by atoms with van der Waals surface area (Å²) in [6, 6.07) is 21.5. The normalized spacial score (nSPS) is 22.6. The van der Waals surface area contributed by atoms with Crippen LogP contribution in [0.5, 0.6) is 0 Å².